The SMILES string of the molecule is CCC[O][Sn](=[O])[CH](F)C(F)C(F)C(F)F. The van der Waals surface area contributed by atoms with Crippen molar-refractivity contribution in [2.75, 3.05) is 6.61 Å². The van der Waals surface area contributed by atoms with Gasteiger partial charge >= 0.3 is 91.2 Å². The molecule has 0 N–H and O–H groups in total. The van der Waals surface area contributed by atoms with E-state index >= 15 is 0 Å². The summed E-state index contributed by atoms with van der Waals surface area (Å²) in [5.74, 6) is 0. The Hall–Kier alpha value is 0.209. The van der Waals surface area contributed by atoms with Crippen molar-refractivity contribution in [3.8, 4) is 0 Å². The fraction of sp³-hybridized carbons (Fsp3) is 1.00. The number of hydrogen-bond acceptors (Lipinski definition) is 2. The van der Waals surface area contributed by atoms with Crippen LogP contribution in [0.5, 0.6) is 0 Å². The molecular weight excluding hydrogens is 330 g/mol. The van der Waals surface area contributed by atoms with Gasteiger partial charge in [0, 0.05) is 0 Å². The molecule has 0 aliphatic carbocycles. The molecule has 0 amide bonds. The van der Waals surface area contributed by atoms with Gasteiger partial charge in [-0.15, -0.1) is 0 Å². The summed E-state index contributed by atoms with van der Waals surface area (Å²) < 4.78 is 73.7. The molecule has 90 valence electrons. The molecule has 0 fully saturated rings. The molecule has 0 rings (SSSR count). The van der Waals surface area contributed by atoms with Crippen LogP contribution in [0, 0.1) is 0 Å². The average molecular weight is 341 g/mol. The molecule has 0 aliphatic heterocycles. The first-order valence-electron chi connectivity index (χ1n) is 4.28. The third-order valence-corrected chi connectivity index (χ3v) is 5.09. The molecule has 0 aromatic heterocycles. The van der Waals surface area contributed by atoms with Crippen LogP contribution in [0.3, 0.4) is 0 Å². The fourth-order valence-electron chi connectivity index (χ4n) is 0.713. The van der Waals surface area contributed by atoms with Crippen molar-refractivity contribution >= 4 is 20.2 Å². The van der Waals surface area contributed by atoms with E-state index < -0.39 is 43.1 Å². The van der Waals surface area contributed by atoms with Crippen LogP contribution >= 0.6 is 0 Å². The number of halogens is 5. The van der Waals surface area contributed by atoms with Gasteiger partial charge in [-0.1, -0.05) is 0 Å². The van der Waals surface area contributed by atoms with Gasteiger partial charge in [-0.2, -0.15) is 0 Å². The Bertz CT molecular complexity index is 204. The van der Waals surface area contributed by atoms with E-state index in [0.29, 0.717) is 6.42 Å². The summed E-state index contributed by atoms with van der Waals surface area (Å²) in [7, 11) is 0. The zero-order chi connectivity index (χ0) is 12.0. The molecule has 0 heterocycles. The summed E-state index contributed by atoms with van der Waals surface area (Å²) in [5.41, 5.74) is 0. The van der Waals surface area contributed by atoms with Crippen molar-refractivity contribution in [3.63, 3.8) is 0 Å². The van der Waals surface area contributed by atoms with Gasteiger partial charge in [-0.3, -0.25) is 0 Å². The normalized spacial score (nSPS) is 17.5. The third-order valence-electron chi connectivity index (χ3n) is 1.50. The fourth-order valence-corrected chi connectivity index (χ4v) is 3.59. The summed E-state index contributed by atoms with van der Waals surface area (Å²) in [6.45, 7) is 1.60. The van der Waals surface area contributed by atoms with Crippen LogP contribution in [-0.4, -0.2) is 49.7 Å². The number of hydrogen-bond donors (Lipinski definition) is 0. The topological polar surface area (TPSA) is 26.3 Å². The summed E-state index contributed by atoms with van der Waals surface area (Å²) in [4.78, 5) is 0. The predicted molar refractivity (Wildman–Crippen MR) is 43.4 cm³/mol. The summed E-state index contributed by atoms with van der Waals surface area (Å²) in [5, 5.41) is 0. The third kappa shape index (κ3) is 5.19. The summed E-state index contributed by atoms with van der Waals surface area (Å²) in [6.07, 6.45) is -9.52. The average Bonchev–Trinajstić information content (AvgIpc) is 2.22. The second-order valence-electron chi connectivity index (χ2n) is 2.79. The Morgan fingerprint density at radius 3 is 2.07 bits per heavy atom. The van der Waals surface area contributed by atoms with Gasteiger partial charge in [-0.25, -0.2) is 0 Å². The molecule has 8 heteroatoms. The van der Waals surface area contributed by atoms with Crippen LogP contribution in [0.2, 0.25) is 0 Å². The molecule has 3 unspecified atom stereocenters. The van der Waals surface area contributed by atoms with E-state index in [1.165, 1.54) is 0 Å². The molecule has 0 saturated carbocycles. The molecule has 0 spiro atoms. The van der Waals surface area contributed by atoms with Gasteiger partial charge in [0.2, 0.25) is 0 Å². The van der Waals surface area contributed by atoms with Crippen molar-refractivity contribution in [1.29, 1.82) is 0 Å². The zero-order valence-electron chi connectivity index (χ0n) is 7.93. The first-order chi connectivity index (χ1) is 6.91. The van der Waals surface area contributed by atoms with E-state index in [9.17, 15) is 25.0 Å². The van der Waals surface area contributed by atoms with Crippen molar-refractivity contribution in [2.45, 2.75) is 36.3 Å². The van der Waals surface area contributed by atoms with Crippen LogP contribution < -0.4 is 0 Å². The monoisotopic (exact) mass is 342 g/mol. The molecule has 0 aromatic carbocycles. The van der Waals surface area contributed by atoms with Crippen molar-refractivity contribution in [1.82, 2.24) is 0 Å². The molecule has 3 atom stereocenters. The van der Waals surface area contributed by atoms with Crippen LogP contribution in [0.1, 0.15) is 13.3 Å². The van der Waals surface area contributed by atoms with Gasteiger partial charge in [0.15, 0.2) is 0 Å². The van der Waals surface area contributed by atoms with Crippen molar-refractivity contribution in [3.05, 3.63) is 0 Å². The van der Waals surface area contributed by atoms with Gasteiger partial charge in [0.05, 0.1) is 0 Å². The molecule has 0 bridgehead atoms. The minimum absolute atomic E-state index is 0.0446. The minimum atomic E-state index is -4.40. The quantitative estimate of drug-likeness (QED) is 0.524. The Kier molecular flexibility index (Phi) is 7.58. The van der Waals surface area contributed by atoms with Crippen LogP contribution in [-0.2, 0) is 6.15 Å². The molecule has 0 radical (unpaired) electrons. The van der Waals surface area contributed by atoms with Crippen LogP contribution in [0.15, 0.2) is 0 Å². The van der Waals surface area contributed by atoms with Crippen molar-refractivity contribution in [2.24, 2.45) is 0 Å². The van der Waals surface area contributed by atoms with Gasteiger partial charge in [-0.05, 0) is 0 Å². The maximum absolute atomic E-state index is 12.8. The predicted octanol–water partition coefficient (Wildman–Crippen LogP) is 2.15. The van der Waals surface area contributed by atoms with Crippen LogP contribution in [0.4, 0.5) is 22.0 Å². The second kappa shape index (κ2) is 7.48. The Balaban J connectivity index is 4.18. The molecule has 15 heavy (non-hydrogen) atoms. The second-order valence-corrected chi connectivity index (χ2v) is 7.01. The van der Waals surface area contributed by atoms with E-state index in [-0.39, 0.29) is 6.61 Å². The Labute approximate surface area is 91.4 Å². The summed E-state index contributed by atoms with van der Waals surface area (Å²) in [6, 6.07) is 0. The van der Waals surface area contributed by atoms with E-state index in [2.05, 4.69) is 3.07 Å². The van der Waals surface area contributed by atoms with Crippen LogP contribution in [0.25, 0.3) is 0 Å². The first-order valence-corrected chi connectivity index (χ1v) is 8.26. The number of alkyl halides is 5. The zero-order valence-corrected chi connectivity index (χ0v) is 10.8. The summed E-state index contributed by atoms with van der Waals surface area (Å²) >= 11 is -4.40. The van der Waals surface area contributed by atoms with E-state index in [4.69, 9.17) is 0 Å². The molecular formula is C7H11F5O2Sn. The van der Waals surface area contributed by atoms with Gasteiger partial charge < -0.3 is 0 Å². The van der Waals surface area contributed by atoms with E-state index in [0.717, 1.165) is 0 Å². The molecule has 0 aliphatic rings. The standard InChI is InChI=1S/C4H4F5.C3H7O.O.Sn/c5-1-2(6)3(7)4(8)9;1-2-3-4;;/h1-4H;2-3H2,1H3;;/q;-1;;+1. The Morgan fingerprint density at radius 2 is 1.67 bits per heavy atom. The maximum atomic E-state index is 12.8. The van der Waals surface area contributed by atoms with Crippen molar-refractivity contribution < 1.29 is 28.1 Å². The molecule has 0 aromatic rings. The molecule has 2 nitrogen and oxygen atoms in total. The van der Waals surface area contributed by atoms with E-state index in [1.807, 2.05) is 0 Å². The van der Waals surface area contributed by atoms with Gasteiger partial charge in [0.1, 0.15) is 0 Å². The van der Waals surface area contributed by atoms with E-state index in [1.54, 1.807) is 6.92 Å². The molecule has 0 saturated heterocycles. The Morgan fingerprint density at radius 1 is 1.13 bits per heavy atom. The number of rotatable bonds is 7. The van der Waals surface area contributed by atoms with Gasteiger partial charge in [0.25, 0.3) is 0 Å². The first kappa shape index (κ1) is 15.2.